The molecule has 0 saturated heterocycles. The van der Waals surface area contributed by atoms with Crippen LogP contribution in [0.4, 0.5) is 30.5 Å². The molecule has 3 atom stereocenters. The molecule has 2 bridgehead atoms. The van der Waals surface area contributed by atoms with Crippen LogP contribution in [0.5, 0.6) is 0 Å². The van der Waals surface area contributed by atoms with Gasteiger partial charge in [-0.05, 0) is 56.9 Å². The number of halogens is 3. The standard InChI is InChI=1S/C31H32F3N7O3/c1-17-29(42)40-23-6-2-5-22(15-23)39-27-20(4-3-13-44-17)16-38-28(36)25(27)26(35)18-7-9-19(10-8-18)30(43)41-24-14-21(11-12-37-24)31(32,33)34/h3-4,7-12,14,16-17,22-23,35,39H,2,5-6,13,15H2,1H3,(H2,36,38)(H,40,42)(H,37,41,43)/b4-3+,35-26?/t17-,22-,23-/m1/s1. The number of anilines is 3. The number of alkyl halides is 3. The van der Waals surface area contributed by atoms with E-state index in [1.807, 2.05) is 6.08 Å². The van der Waals surface area contributed by atoms with Gasteiger partial charge >= 0.3 is 6.18 Å². The molecule has 6 N–H and O–H groups in total. The van der Waals surface area contributed by atoms with Crippen molar-refractivity contribution in [2.45, 2.75) is 57.0 Å². The first-order valence-corrected chi connectivity index (χ1v) is 14.2. The Bertz CT molecular complexity index is 1590. The Balaban J connectivity index is 1.41. The fraction of sp³-hybridized carbons (Fsp3) is 0.323. The number of nitrogens with zero attached hydrogens (tertiary/aromatic N) is 2. The molecule has 230 valence electrons. The Morgan fingerprint density at radius 1 is 1.09 bits per heavy atom. The van der Waals surface area contributed by atoms with Gasteiger partial charge in [-0.25, -0.2) is 9.97 Å². The SMILES string of the molecule is C[C@H]1OC/C=C/c2cnc(N)c(C(=N)c3ccc(C(=O)Nc4cc(C(F)(F)F)ccn4)cc3)c2N[C@@H]2CCC[C@H](C2)NC1=O. The fourth-order valence-corrected chi connectivity index (χ4v) is 5.30. The number of hydrogen-bond acceptors (Lipinski definition) is 8. The lowest BCUT2D eigenvalue weighted by Gasteiger charge is -2.32. The molecule has 0 spiro atoms. The Kier molecular flexibility index (Phi) is 8.95. The summed E-state index contributed by atoms with van der Waals surface area (Å²) in [6, 6.07) is 7.61. The summed E-state index contributed by atoms with van der Waals surface area (Å²) in [5, 5.41) is 18.1. The number of rotatable bonds is 4. The van der Waals surface area contributed by atoms with Gasteiger partial charge in [0.2, 0.25) is 5.91 Å². The van der Waals surface area contributed by atoms with Gasteiger partial charge in [0.15, 0.2) is 0 Å². The van der Waals surface area contributed by atoms with Crippen LogP contribution in [0.3, 0.4) is 0 Å². The second-order valence-corrected chi connectivity index (χ2v) is 10.8. The second kappa shape index (κ2) is 12.8. The number of amides is 2. The summed E-state index contributed by atoms with van der Waals surface area (Å²) in [4.78, 5) is 33.5. The lowest BCUT2D eigenvalue weighted by molar-refractivity contribution is -0.137. The summed E-state index contributed by atoms with van der Waals surface area (Å²) in [6.45, 7) is 1.91. The number of nitrogens with one attached hydrogen (secondary N) is 4. The van der Waals surface area contributed by atoms with Gasteiger partial charge in [-0.1, -0.05) is 24.3 Å². The minimum atomic E-state index is -4.57. The van der Waals surface area contributed by atoms with E-state index in [4.69, 9.17) is 15.9 Å². The summed E-state index contributed by atoms with van der Waals surface area (Å²) in [5.41, 5.74) is 7.79. The zero-order valence-electron chi connectivity index (χ0n) is 23.9. The van der Waals surface area contributed by atoms with Crippen LogP contribution in [0.2, 0.25) is 0 Å². The maximum Gasteiger partial charge on any atom is 0.416 e. The number of ether oxygens (including phenoxy) is 1. The number of nitrogen functional groups attached to an aromatic ring is 1. The molecule has 1 saturated carbocycles. The molecule has 3 aromatic rings. The maximum atomic E-state index is 13.0. The van der Waals surface area contributed by atoms with Crippen LogP contribution < -0.4 is 21.7 Å². The average molecular weight is 608 g/mol. The Hall–Kier alpha value is -4.78. The van der Waals surface area contributed by atoms with Crippen molar-refractivity contribution in [3.8, 4) is 0 Å². The van der Waals surface area contributed by atoms with Crippen LogP contribution in [0.1, 0.15) is 65.2 Å². The summed E-state index contributed by atoms with van der Waals surface area (Å²) >= 11 is 0. The van der Waals surface area contributed by atoms with Crippen molar-refractivity contribution in [1.82, 2.24) is 15.3 Å². The molecule has 2 aliphatic rings. The lowest BCUT2D eigenvalue weighted by Crippen LogP contribution is -2.45. The van der Waals surface area contributed by atoms with Gasteiger partial charge in [-0.15, -0.1) is 0 Å². The predicted octanol–water partition coefficient (Wildman–Crippen LogP) is 5.02. The third kappa shape index (κ3) is 7.05. The third-order valence-corrected chi connectivity index (χ3v) is 7.63. The van der Waals surface area contributed by atoms with E-state index >= 15 is 0 Å². The normalized spacial score (nSPS) is 21.3. The van der Waals surface area contributed by atoms with Crippen molar-refractivity contribution in [2.24, 2.45) is 0 Å². The molecule has 2 amide bonds. The number of benzene rings is 1. The molecule has 5 rings (SSSR count). The largest absolute Gasteiger partial charge is 0.416 e. The molecule has 0 radical (unpaired) electrons. The van der Waals surface area contributed by atoms with Crippen molar-refractivity contribution in [2.75, 3.05) is 23.0 Å². The Morgan fingerprint density at radius 2 is 1.80 bits per heavy atom. The first kappa shape index (κ1) is 30.7. The highest BCUT2D eigenvalue weighted by atomic mass is 19.4. The first-order chi connectivity index (χ1) is 21.0. The molecular weight excluding hydrogens is 575 g/mol. The molecule has 1 aliphatic heterocycles. The molecule has 44 heavy (non-hydrogen) atoms. The first-order valence-electron chi connectivity index (χ1n) is 14.2. The second-order valence-electron chi connectivity index (χ2n) is 10.8. The van der Waals surface area contributed by atoms with E-state index in [-0.39, 0.29) is 47.5 Å². The number of nitrogens with two attached hydrogens (primary N) is 1. The number of pyridine rings is 2. The van der Waals surface area contributed by atoms with Crippen LogP contribution >= 0.6 is 0 Å². The fourth-order valence-electron chi connectivity index (χ4n) is 5.30. The van der Waals surface area contributed by atoms with Gasteiger partial charge in [0, 0.05) is 41.2 Å². The van der Waals surface area contributed by atoms with Gasteiger partial charge in [0.25, 0.3) is 5.91 Å². The maximum absolute atomic E-state index is 13.0. The van der Waals surface area contributed by atoms with Crippen molar-refractivity contribution in [3.05, 3.63) is 82.7 Å². The third-order valence-electron chi connectivity index (χ3n) is 7.63. The average Bonchev–Trinajstić information content (AvgIpc) is 3.00. The molecule has 1 aliphatic carbocycles. The van der Waals surface area contributed by atoms with Crippen molar-refractivity contribution >= 4 is 40.9 Å². The molecule has 13 heteroatoms. The number of aromatic nitrogens is 2. The lowest BCUT2D eigenvalue weighted by atomic mass is 9.89. The van der Waals surface area contributed by atoms with E-state index in [0.29, 0.717) is 28.8 Å². The van der Waals surface area contributed by atoms with Gasteiger partial charge < -0.3 is 26.4 Å². The molecule has 3 heterocycles. The van der Waals surface area contributed by atoms with Gasteiger partial charge in [0.05, 0.1) is 29.1 Å². The van der Waals surface area contributed by atoms with Crippen molar-refractivity contribution < 1.29 is 27.5 Å². The van der Waals surface area contributed by atoms with E-state index in [1.54, 1.807) is 31.3 Å². The van der Waals surface area contributed by atoms with E-state index in [9.17, 15) is 22.8 Å². The quantitative estimate of drug-likeness (QED) is 0.261. The highest BCUT2D eigenvalue weighted by molar-refractivity contribution is 6.17. The minimum absolute atomic E-state index is 0.00190. The van der Waals surface area contributed by atoms with Crippen molar-refractivity contribution in [3.63, 3.8) is 0 Å². The van der Waals surface area contributed by atoms with Crippen LogP contribution in [0, 0.1) is 5.41 Å². The summed E-state index contributed by atoms with van der Waals surface area (Å²) < 4.78 is 44.8. The summed E-state index contributed by atoms with van der Waals surface area (Å²) in [7, 11) is 0. The molecule has 10 nitrogen and oxygen atoms in total. The van der Waals surface area contributed by atoms with Gasteiger partial charge in [-0.3, -0.25) is 15.0 Å². The minimum Gasteiger partial charge on any atom is -0.383 e. The number of hydrogen-bond donors (Lipinski definition) is 5. The number of fused-ring (bicyclic) bond motifs is 3. The number of carbonyl (C=O) groups excluding carboxylic acids is 2. The molecule has 1 fully saturated rings. The highest BCUT2D eigenvalue weighted by Crippen LogP contribution is 2.33. The van der Waals surface area contributed by atoms with E-state index in [1.165, 1.54) is 12.1 Å². The van der Waals surface area contributed by atoms with Crippen molar-refractivity contribution in [1.29, 1.82) is 5.41 Å². The van der Waals surface area contributed by atoms with Crippen LogP contribution in [0.15, 0.2) is 54.9 Å². The zero-order valence-corrected chi connectivity index (χ0v) is 23.9. The molecule has 0 unspecified atom stereocenters. The van der Waals surface area contributed by atoms with Gasteiger partial charge in [0.1, 0.15) is 17.7 Å². The smallest absolute Gasteiger partial charge is 0.383 e. The topological polar surface area (TPSA) is 155 Å². The van der Waals surface area contributed by atoms with Gasteiger partial charge in [-0.2, -0.15) is 13.2 Å². The van der Waals surface area contributed by atoms with E-state index in [0.717, 1.165) is 37.6 Å². The van der Waals surface area contributed by atoms with E-state index < -0.39 is 23.8 Å². The molecule has 1 aromatic carbocycles. The van der Waals surface area contributed by atoms with E-state index in [2.05, 4.69) is 25.9 Å². The Morgan fingerprint density at radius 3 is 2.52 bits per heavy atom. The number of carbonyl (C=O) groups is 2. The zero-order chi connectivity index (χ0) is 31.4. The predicted molar refractivity (Wildman–Crippen MR) is 160 cm³/mol. The molecular formula is C31H32F3N7O3. The monoisotopic (exact) mass is 607 g/mol. The highest BCUT2D eigenvalue weighted by Gasteiger charge is 2.31. The van der Waals surface area contributed by atoms with Crippen LogP contribution in [-0.2, 0) is 15.7 Å². The molecule has 2 aromatic heterocycles. The van der Waals surface area contributed by atoms with Crippen LogP contribution in [0.25, 0.3) is 6.08 Å². The summed E-state index contributed by atoms with van der Waals surface area (Å²) in [5.74, 6) is -0.904. The van der Waals surface area contributed by atoms with Crippen LogP contribution in [-0.4, -0.2) is 52.3 Å². The Labute approximate surface area is 251 Å². The summed E-state index contributed by atoms with van der Waals surface area (Å²) in [6.07, 6.45) is 4.29.